The summed E-state index contributed by atoms with van der Waals surface area (Å²) in [6.45, 7) is 10.00. The molecule has 0 unspecified atom stereocenters. The zero-order chi connectivity index (χ0) is 18.5. The van der Waals surface area contributed by atoms with E-state index in [1.54, 1.807) is 6.07 Å². The van der Waals surface area contributed by atoms with E-state index in [1.807, 2.05) is 31.2 Å². The van der Waals surface area contributed by atoms with Gasteiger partial charge >= 0.3 is 0 Å². The van der Waals surface area contributed by atoms with Crippen LogP contribution in [0.25, 0.3) is 0 Å². The van der Waals surface area contributed by atoms with E-state index in [1.165, 1.54) is 12.8 Å². The Morgan fingerprint density at radius 3 is 2.38 bits per heavy atom. The third-order valence-corrected chi connectivity index (χ3v) is 4.74. The molecule has 0 saturated carbocycles. The monoisotopic (exact) mass is 353 g/mol. The topological polar surface area (TPSA) is 61.4 Å². The Hall–Kier alpha value is -2.63. The van der Waals surface area contributed by atoms with Crippen molar-refractivity contribution in [2.75, 3.05) is 41.3 Å². The SMILES string of the molecule is CCN(CC)c1ccc(NC(=O)c2cc(N3CCCC3)nc(C)n2)cc1. The molecule has 3 rings (SSSR count). The second-order valence-electron chi connectivity index (χ2n) is 6.53. The first-order chi connectivity index (χ1) is 12.6. The Morgan fingerprint density at radius 2 is 1.77 bits per heavy atom. The summed E-state index contributed by atoms with van der Waals surface area (Å²) >= 11 is 0. The molecule has 1 aliphatic rings. The molecule has 0 bridgehead atoms. The molecule has 1 N–H and O–H groups in total. The number of benzene rings is 1. The molecule has 0 atom stereocenters. The van der Waals surface area contributed by atoms with Crippen LogP contribution in [0.3, 0.4) is 0 Å². The van der Waals surface area contributed by atoms with Crippen LogP contribution in [-0.2, 0) is 0 Å². The van der Waals surface area contributed by atoms with Gasteiger partial charge in [-0.15, -0.1) is 0 Å². The van der Waals surface area contributed by atoms with Gasteiger partial charge in [0.1, 0.15) is 17.3 Å². The highest BCUT2D eigenvalue weighted by molar-refractivity contribution is 6.03. The van der Waals surface area contributed by atoms with Gasteiger partial charge in [-0.2, -0.15) is 0 Å². The number of amides is 1. The van der Waals surface area contributed by atoms with E-state index >= 15 is 0 Å². The number of carbonyl (C=O) groups excluding carboxylic acids is 1. The van der Waals surface area contributed by atoms with E-state index in [0.717, 1.165) is 43.4 Å². The Balaban J connectivity index is 1.73. The molecular weight excluding hydrogens is 326 g/mol. The summed E-state index contributed by atoms with van der Waals surface area (Å²) in [6, 6.07) is 9.72. The number of nitrogens with zero attached hydrogens (tertiary/aromatic N) is 4. The summed E-state index contributed by atoms with van der Waals surface area (Å²) in [7, 11) is 0. The van der Waals surface area contributed by atoms with Gasteiger partial charge in [-0.05, 0) is 57.9 Å². The lowest BCUT2D eigenvalue weighted by atomic mass is 10.2. The van der Waals surface area contributed by atoms with Crippen molar-refractivity contribution in [1.29, 1.82) is 0 Å². The molecule has 0 spiro atoms. The van der Waals surface area contributed by atoms with Gasteiger partial charge in [0.2, 0.25) is 0 Å². The van der Waals surface area contributed by atoms with Gasteiger partial charge in [0.25, 0.3) is 5.91 Å². The summed E-state index contributed by atoms with van der Waals surface area (Å²) < 4.78 is 0. The zero-order valence-electron chi connectivity index (χ0n) is 15.8. The van der Waals surface area contributed by atoms with Gasteiger partial charge in [0, 0.05) is 43.6 Å². The molecule has 0 aliphatic carbocycles. The Bertz CT molecular complexity index is 749. The Labute approximate surface area is 155 Å². The number of hydrogen-bond acceptors (Lipinski definition) is 5. The maximum atomic E-state index is 12.6. The smallest absolute Gasteiger partial charge is 0.274 e. The van der Waals surface area contributed by atoms with Gasteiger partial charge in [0.05, 0.1) is 0 Å². The first-order valence-corrected chi connectivity index (χ1v) is 9.37. The summed E-state index contributed by atoms with van der Waals surface area (Å²) in [6.07, 6.45) is 2.34. The molecular formula is C20H27N5O. The first kappa shape index (κ1) is 18.2. The predicted molar refractivity (Wildman–Crippen MR) is 106 cm³/mol. The second-order valence-corrected chi connectivity index (χ2v) is 6.53. The number of carbonyl (C=O) groups is 1. The fraction of sp³-hybridized carbons (Fsp3) is 0.450. The standard InChI is InChI=1S/C20H27N5O/c1-4-24(5-2)17-10-8-16(9-11-17)23-20(26)18-14-19(22-15(3)21-18)25-12-6-7-13-25/h8-11,14H,4-7,12-13H2,1-3H3,(H,23,26). The lowest BCUT2D eigenvalue weighted by Crippen LogP contribution is -2.22. The van der Waals surface area contributed by atoms with E-state index in [4.69, 9.17) is 0 Å². The number of aryl methyl sites for hydroxylation is 1. The maximum absolute atomic E-state index is 12.6. The number of aromatic nitrogens is 2. The van der Waals surface area contributed by atoms with Crippen molar-refractivity contribution in [3.8, 4) is 0 Å². The van der Waals surface area contributed by atoms with E-state index in [9.17, 15) is 4.79 Å². The Kier molecular flexibility index (Phi) is 5.71. The molecule has 0 radical (unpaired) electrons. The lowest BCUT2D eigenvalue weighted by Gasteiger charge is -2.21. The molecule has 2 aromatic rings. The molecule has 1 aromatic carbocycles. The van der Waals surface area contributed by atoms with Crippen molar-refractivity contribution in [3.63, 3.8) is 0 Å². The Morgan fingerprint density at radius 1 is 1.12 bits per heavy atom. The van der Waals surface area contributed by atoms with Crippen molar-refractivity contribution in [3.05, 3.63) is 41.9 Å². The highest BCUT2D eigenvalue weighted by atomic mass is 16.1. The highest BCUT2D eigenvalue weighted by Gasteiger charge is 2.17. The van der Waals surface area contributed by atoms with Crippen molar-refractivity contribution < 1.29 is 4.79 Å². The average molecular weight is 353 g/mol. The molecule has 2 heterocycles. The van der Waals surface area contributed by atoms with Crippen LogP contribution in [-0.4, -0.2) is 42.1 Å². The number of rotatable bonds is 6. The van der Waals surface area contributed by atoms with Crippen molar-refractivity contribution in [2.45, 2.75) is 33.6 Å². The molecule has 1 saturated heterocycles. The average Bonchev–Trinajstić information content (AvgIpc) is 3.18. The third-order valence-electron chi connectivity index (χ3n) is 4.74. The van der Waals surface area contributed by atoms with Gasteiger partial charge in [-0.1, -0.05) is 0 Å². The van der Waals surface area contributed by atoms with Crippen LogP contribution in [0.2, 0.25) is 0 Å². The molecule has 1 aromatic heterocycles. The van der Waals surface area contributed by atoms with Crippen LogP contribution in [0.15, 0.2) is 30.3 Å². The van der Waals surface area contributed by atoms with E-state index in [-0.39, 0.29) is 5.91 Å². The van der Waals surface area contributed by atoms with Gasteiger partial charge in [-0.25, -0.2) is 9.97 Å². The molecule has 138 valence electrons. The summed E-state index contributed by atoms with van der Waals surface area (Å²) in [5, 5.41) is 2.94. The molecule has 6 nitrogen and oxygen atoms in total. The number of hydrogen-bond donors (Lipinski definition) is 1. The normalized spacial score (nSPS) is 13.7. The van der Waals surface area contributed by atoms with Gasteiger partial charge in [-0.3, -0.25) is 4.79 Å². The molecule has 26 heavy (non-hydrogen) atoms. The van der Waals surface area contributed by atoms with Gasteiger partial charge in [0.15, 0.2) is 0 Å². The summed E-state index contributed by atoms with van der Waals surface area (Å²) in [5.41, 5.74) is 2.33. The van der Waals surface area contributed by atoms with E-state index in [2.05, 4.69) is 38.9 Å². The molecule has 1 fully saturated rings. The van der Waals surface area contributed by atoms with Crippen molar-refractivity contribution >= 4 is 23.1 Å². The fourth-order valence-electron chi connectivity index (χ4n) is 3.32. The van der Waals surface area contributed by atoms with Crippen LogP contribution in [0, 0.1) is 6.92 Å². The summed E-state index contributed by atoms with van der Waals surface area (Å²) in [4.78, 5) is 25.9. The lowest BCUT2D eigenvalue weighted by molar-refractivity contribution is 0.102. The zero-order valence-corrected chi connectivity index (χ0v) is 15.8. The second kappa shape index (κ2) is 8.17. The van der Waals surface area contributed by atoms with E-state index < -0.39 is 0 Å². The maximum Gasteiger partial charge on any atom is 0.274 e. The van der Waals surface area contributed by atoms with Crippen LogP contribution < -0.4 is 15.1 Å². The number of anilines is 3. The molecule has 1 amide bonds. The highest BCUT2D eigenvalue weighted by Crippen LogP contribution is 2.21. The fourth-order valence-corrected chi connectivity index (χ4v) is 3.32. The first-order valence-electron chi connectivity index (χ1n) is 9.37. The minimum atomic E-state index is -0.202. The quantitative estimate of drug-likeness (QED) is 0.861. The summed E-state index contributed by atoms with van der Waals surface area (Å²) in [5.74, 6) is 1.26. The predicted octanol–water partition coefficient (Wildman–Crippen LogP) is 3.48. The molecule has 1 aliphatic heterocycles. The van der Waals surface area contributed by atoms with Crippen LogP contribution in [0.1, 0.15) is 43.0 Å². The number of nitrogens with one attached hydrogen (secondary N) is 1. The van der Waals surface area contributed by atoms with Gasteiger partial charge < -0.3 is 15.1 Å². The van der Waals surface area contributed by atoms with Crippen LogP contribution >= 0.6 is 0 Å². The van der Waals surface area contributed by atoms with Crippen molar-refractivity contribution in [1.82, 2.24) is 9.97 Å². The van der Waals surface area contributed by atoms with Crippen LogP contribution in [0.4, 0.5) is 17.2 Å². The van der Waals surface area contributed by atoms with E-state index in [0.29, 0.717) is 11.5 Å². The largest absolute Gasteiger partial charge is 0.372 e. The minimum absolute atomic E-state index is 0.202. The molecule has 6 heteroatoms. The van der Waals surface area contributed by atoms with Crippen LogP contribution in [0.5, 0.6) is 0 Å². The van der Waals surface area contributed by atoms with Crippen molar-refractivity contribution in [2.24, 2.45) is 0 Å². The minimum Gasteiger partial charge on any atom is -0.372 e. The third kappa shape index (κ3) is 4.12.